The summed E-state index contributed by atoms with van der Waals surface area (Å²) in [5.74, 6) is -0.498. The second kappa shape index (κ2) is 11.3. The van der Waals surface area contributed by atoms with Crippen LogP contribution in [-0.4, -0.2) is 54.1 Å². The third kappa shape index (κ3) is 4.93. The molecule has 1 aromatic carbocycles. The molecule has 0 unspecified atom stereocenters. The molecule has 33 heavy (non-hydrogen) atoms. The molecule has 1 fully saturated rings. The summed E-state index contributed by atoms with van der Waals surface area (Å²) in [5.41, 5.74) is 0.942. The Morgan fingerprint density at radius 2 is 1.70 bits per heavy atom. The number of aromatic nitrogens is 1. The number of ether oxygens (including phenoxy) is 1. The fourth-order valence-corrected chi connectivity index (χ4v) is 3.88. The quantitative estimate of drug-likeness (QED) is 0.597. The molecule has 1 amide bonds. The molecule has 1 saturated heterocycles. The van der Waals surface area contributed by atoms with E-state index in [9.17, 15) is 14.4 Å². The van der Waals surface area contributed by atoms with Crippen LogP contribution in [0.4, 0.5) is 5.69 Å². The number of furan rings is 1. The van der Waals surface area contributed by atoms with Gasteiger partial charge in [0, 0.05) is 38.6 Å². The fraction of sp³-hybridized carbons (Fsp3) is 0.375. The van der Waals surface area contributed by atoms with Gasteiger partial charge in [-0.1, -0.05) is 32.0 Å². The highest BCUT2D eigenvalue weighted by atomic mass is 16.5. The molecule has 3 heterocycles. The molecule has 0 radical (unpaired) electrons. The van der Waals surface area contributed by atoms with Crippen LogP contribution >= 0.6 is 0 Å². The Labute approximate surface area is 193 Å². The number of pyridine rings is 1. The van der Waals surface area contributed by atoms with E-state index in [0.29, 0.717) is 37.6 Å². The summed E-state index contributed by atoms with van der Waals surface area (Å²) in [6.07, 6.45) is 1.47. The van der Waals surface area contributed by atoms with Crippen molar-refractivity contribution in [3.63, 3.8) is 0 Å². The van der Waals surface area contributed by atoms with Crippen LogP contribution in [0.25, 0.3) is 10.9 Å². The lowest BCUT2D eigenvalue weighted by Crippen LogP contribution is -2.49. The summed E-state index contributed by atoms with van der Waals surface area (Å²) < 4.78 is 11.9. The number of carbonyl (C=O) groups excluding carboxylic acids is 2. The highest BCUT2D eigenvalue weighted by Gasteiger charge is 2.30. The predicted molar refractivity (Wildman–Crippen MR) is 128 cm³/mol. The van der Waals surface area contributed by atoms with Gasteiger partial charge in [0.05, 0.1) is 24.1 Å². The van der Waals surface area contributed by atoms with E-state index in [0.717, 1.165) is 10.9 Å². The van der Waals surface area contributed by atoms with Gasteiger partial charge in [0.2, 0.25) is 0 Å². The van der Waals surface area contributed by atoms with E-state index >= 15 is 0 Å². The van der Waals surface area contributed by atoms with Crippen molar-refractivity contribution in [1.29, 1.82) is 0 Å². The summed E-state index contributed by atoms with van der Waals surface area (Å²) in [6.45, 7) is 7.75. The monoisotopic (exact) mass is 456 g/mol. The van der Waals surface area contributed by atoms with Gasteiger partial charge in [-0.25, -0.2) is 4.79 Å². The second-order valence-electron chi connectivity index (χ2n) is 7.08. The molecule has 9 nitrogen and oxygen atoms in total. The minimum absolute atomic E-state index is 0. The maximum Gasteiger partial charge on any atom is 0.345 e. The topological polar surface area (TPSA) is 120 Å². The van der Waals surface area contributed by atoms with E-state index in [2.05, 4.69) is 0 Å². The summed E-state index contributed by atoms with van der Waals surface area (Å²) in [5, 5.41) is 0.800. The smallest absolute Gasteiger partial charge is 0.345 e. The lowest BCUT2D eigenvalue weighted by molar-refractivity contribution is 0.0523. The number of benzene rings is 1. The minimum Gasteiger partial charge on any atom is -0.462 e. The van der Waals surface area contributed by atoms with Crippen molar-refractivity contribution in [3.05, 3.63) is 64.3 Å². The molecule has 2 aromatic heterocycles. The number of fused-ring (bicyclic) bond motifs is 1. The molecule has 0 spiro atoms. The molecular formula is C24H32N4O5. The van der Waals surface area contributed by atoms with Crippen LogP contribution in [-0.2, 0) is 11.8 Å². The van der Waals surface area contributed by atoms with E-state index in [1.807, 2.05) is 43.0 Å². The van der Waals surface area contributed by atoms with Gasteiger partial charge in [-0.3, -0.25) is 9.59 Å². The number of hydrogen-bond acceptors (Lipinski definition) is 7. The predicted octanol–water partition coefficient (Wildman–Crippen LogP) is 3.46. The van der Waals surface area contributed by atoms with Crippen LogP contribution in [0.5, 0.6) is 0 Å². The van der Waals surface area contributed by atoms with Gasteiger partial charge in [-0.15, -0.1) is 0 Å². The molecule has 1 aliphatic rings. The van der Waals surface area contributed by atoms with E-state index in [-0.39, 0.29) is 24.2 Å². The van der Waals surface area contributed by atoms with Gasteiger partial charge in [0.15, 0.2) is 5.76 Å². The zero-order chi connectivity index (χ0) is 23.3. The number of aryl methyl sites for hydroxylation is 1. The average Bonchev–Trinajstić information content (AvgIpc) is 3.37. The molecule has 0 bridgehead atoms. The molecule has 3 N–H and O–H groups in total. The van der Waals surface area contributed by atoms with Gasteiger partial charge < -0.3 is 29.7 Å². The largest absolute Gasteiger partial charge is 0.462 e. The average molecular weight is 457 g/mol. The molecular weight excluding hydrogens is 424 g/mol. The molecule has 9 heteroatoms. The van der Waals surface area contributed by atoms with Crippen LogP contribution in [0, 0.1) is 0 Å². The summed E-state index contributed by atoms with van der Waals surface area (Å²) in [7, 11) is 1.65. The molecule has 1 aliphatic heterocycles. The lowest BCUT2D eigenvalue weighted by Gasteiger charge is -2.37. The fourth-order valence-electron chi connectivity index (χ4n) is 3.88. The first-order valence-corrected chi connectivity index (χ1v) is 10.9. The van der Waals surface area contributed by atoms with Crippen molar-refractivity contribution in [1.82, 2.24) is 15.6 Å². The van der Waals surface area contributed by atoms with Crippen LogP contribution < -0.4 is 16.6 Å². The molecule has 0 atom stereocenters. The highest BCUT2D eigenvalue weighted by Crippen LogP contribution is 2.30. The van der Waals surface area contributed by atoms with Crippen molar-refractivity contribution in [3.8, 4) is 0 Å². The number of amides is 1. The van der Waals surface area contributed by atoms with E-state index in [1.165, 1.54) is 10.8 Å². The van der Waals surface area contributed by atoms with E-state index in [4.69, 9.17) is 9.15 Å². The zero-order valence-corrected chi connectivity index (χ0v) is 19.7. The maximum atomic E-state index is 13.0. The van der Waals surface area contributed by atoms with Crippen LogP contribution in [0.1, 0.15) is 41.7 Å². The number of nitrogens with zero attached hydrogens (tertiary/aromatic N) is 3. The number of piperazine rings is 1. The van der Waals surface area contributed by atoms with E-state index in [1.54, 1.807) is 31.0 Å². The van der Waals surface area contributed by atoms with Crippen LogP contribution in [0.3, 0.4) is 0 Å². The van der Waals surface area contributed by atoms with E-state index < -0.39 is 11.5 Å². The van der Waals surface area contributed by atoms with Crippen molar-refractivity contribution < 1.29 is 18.7 Å². The lowest BCUT2D eigenvalue weighted by atomic mass is 10.1. The Morgan fingerprint density at radius 3 is 2.30 bits per heavy atom. The summed E-state index contributed by atoms with van der Waals surface area (Å²) in [4.78, 5) is 42.0. The molecule has 3 aromatic rings. The van der Waals surface area contributed by atoms with Crippen LogP contribution in [0.2, 0.25) is 0 Å². The van der Waals surface area contributed by atoms with Crippen molar-refractivity contribution in [2.45, 2.75) is 20.8 Å². The minimum atomic E-state index is -0.632. The molecule has 4 rings (SSSR count). The first-order chi connectivity index (χ1) is 15.5. The van der Waals surface area contributed by atoms with Gasteiger partial charge in [0.25, 0.3) is 11.5 Å². The number of anilines is 1. The number of para-hydroxylation sites is 1. The molecule has 0 saturated carbocycles. The van der Waals surface area contributed by atoms with Crippen LogP contribution in [0.15, 0.2) is 51.9 Å². The van der Waals surface area contributed by atoms with Crippen molar-refractivity contribution in [2.24, 2.45) is 7.05 Å². The number of hydrogen-bond donors (Lipinski definition) is 1. The standard InChI is InChI=1S/C22H23N3O5.C2H6.H3N/c1-3-29-22(28)18-19(15-7-4-5-8-16(15)23(2)21(18)27)24-10-12-25(13-11-24)20(26)17-9-6-14-30-17;1-2;/h4-9,14H,3,10-13H2,1-2H3;1-2H3;1H3. The SMILES string of the molecule is CC.CCOC(=O)c1c(N2CCN(C(=O)c3ccco3)CC2)c2ccccc2n(C)c1=O.N. The second-order valence-corrected chi connectivity index (χ2v) is 7.08. The third-order valence-corrected chi connectivity index (χ3v) is 5.37. The van der Waals surface area contributed by atoms with Gasteiger partial charge >= 0.3 is 5.97 Å². The maximum absolute atomic E-state index is 13.0. The van der Waals surface area contributed by atoms with Crippen molar-refractivity contribution in [2.75, 3.05) is 37.7 Å². The van der Waals surface area contributed by atoms with Crippen molar-refractivity contribution >= 4 is 28.5 Å². The summed E-state index contributed by atoms with van der Waals surface area (Å²) in [6, 6.07) is 10.8. The molecule has 178 valence electrons. The van der Waals surface area contributed by atoms with Gasteiger partial charge in [0.1, 0.15) is 5.56 Å². The Balaban J connectivity index is 0.00000125. The zero-order valence-electron chi connectivity index (χ0n) is 19.7. The summed E-state index contributed by atoms with van der Waals surface area (Å²) >= 11 is 0. The first kappa shape index (κ1) is 25.7. The molecule has 0 aliphatic carbocycles. The Bertz CT molecular complexity index is 1150. The highest BCUT2D eigenvalue weighted by molar-refractivity contribution is 6.05. The first-order valence-electron chi connectivity index (χ1n) is 10.9. The number of esters is 1. The Kier molecular flexibility index (Phi) is 8.81. The van der Waals surface area contributed by atoms with Gasteiger partial charge in [-0.05, 0) is 25.1 Å². The Hall–Kier alpha value is -3.59. The third-order valence-electron chi connectivity index (χ3n) is 5.37. The van der Waals surface area contributed by atoms with Gasteiger partial charge in [-0.2, -0.15) is 0 Å². The normalized spacial score (nSPS) is 13.1. The Morgan fingerprint density at radius 1 is 1.03 bits per heavy atom. The number of carbonyl (C=O) groups is 2. The number of rotatable bonds is 4.